The molecule has 2 nitrogen and oxygen atoms in total. The molecule has 2 rings (SSSR count). The van der Waals surface area contributed by atoms with Gasteiger partial charge < -0.3 is 11.1 Å². The first-order chi connectivity index (χ1) is 8.16. The Bertz CT molecular complexity index is 529. The number of hydrogen-bond donors (Lipinski definition) is 2. The molecule has 0 saturated heterocycles. The van der Waals surface area contributed by atoms with Gasteiger partial charge in [-0.25, -0.2) is 4.39 Å². The summed E-state index contributed by atoms with van der Waals surface area (Å²) in [5.74, 6) is -0.223. The molecule has 88 valence electrons. The second-order valence-electron chi connectivity index (χ2n) is 3.68. The number of rotatable bonds is 3. The maximum atomic E-state index is 12.9. The van der Waals surface area contributed by atoms with Gasteiger partial charge in [0.25, 0.3) is 0 Å². The van der Waals surface area contributed by atoms with Gasteiger partial charge in [0.1, 0.15) is 5.82 Å². The van der Waals surface area contributed by atoms with Crippen LogP contribution in [0.3, 0.4) is 0 Å². The lowest BCUT2D eigenvalue weighted by Crippen LogP contribution is -2.03. The summed E-state index contributed by atoms with van der Waals surface area (Å²) in [7, 11) is 0. The van der Waals surface area contributed by atoms with E-state index in [-0.39, 0.29) is 5.82 Å². The highest BCUT2D eigenvalue weighted by Crippen LogP contribution is 2.20. The van der Waals surface area contributed by atoms with E-state index in [0.717, 1.165) is 20.5 Å². The van der Waals surface area contributed by atoms with Crippen LogP contribution in [0.2, 0.25) is 0 Å². The molecule has 0 aliphatic heterocycles. The topological polar surface area (TPSA) is 38.0 Å². The first-order valence-electron chi connectivity index (χ1n) is 5.19. The Balaban J connectivity index is 2.10. The van der Waals surface area contributed by atoms with Crippen molar-refractivity contribution in [2.45, 2.75) is 6.54 Å². The summed E-state index contributed by atoms with van der Waals surface area (Å²) in [5, 5.41) is 3.24. The summed E-state index contributed by atoms with van der Waals surface area (Å²) in [5.41, 5.74) is 8.55. The SMILES string of the molecule is Nc1ccccc1CNc1ccc(F)cc1I. The molecule has 3 N–H and O–H groups in total. The number of halogens is 2. The molecule has 0 saturated carbocycles. The van der Waals surface area contributed by atoms with E-state index in [0.29, 0.717) is 6.54 Å². The van der Waals surface area contributed by atoms with Gasteiger partial charge >= 0.3 is 0 Å². The van der Waals surface area contributed by atoms with Crippen LogP contribution in [-0.4, -0.2) is 0 Å². The highest BCUT2D eigenvalue weighted by molar-refractivity contribution is 14.1. The summed E-state index contributed by atoms with van der Waals surface area (Å²) < 4.78 is 13.8. The maximum Gasteiger partial charge on any atom is 0.124 e. The Kier molecular flexibility index (Phi) is 3.83. The van der Waals surface area contributed by atoms with Gasteiger partial charge in [0, 0.05) is 21.5 Å². The van der Waals surface area contributed by atoms with Crippen LogP contribution in [-0.2, 0) is 6.54 Å². The predicted octanol–water partition coefficient (Wildman–Crippen LogP) is 3.62. The van der Waals surface area contributed by atoms with E-state index in [1.54, 1.807) is 6.07 Å². The second kappa shape index (κ2) is 5.35. The fourth-order valence-electron chi connectivity index (χ4n) is 1.52. The Morgan fingerprint density at radius 2 is 1.94 bits per heavy atom. The lowest BCUT2D eigenvalue weighted by molar-refractivity contribution is 0.627. The van der Waals surface area contributed by atoms with Gasteiger partial charge in [-0.1, -0.05) is 18.2 Å². The Morgan fingerprint density at radius 3 is 2.65 bits per heavy atom. The van der Waals surface area contributed by atoms with Crippen LogP contribution in [0.4, 0.5) is 15.8 Å². The largest absolute Gasteiger partial charge is 0.398 e. The van der Waals surface area contributed by atoms with Crippen molar-refractivity contribution < 1.29 is 4.39 Å². The number of benzene rings is 2. The zero-order valence-corrected chi connectivity index (χ0v) is 11.2. The normalized spacial score (nSPS) is 10.2. The molecule has 2 aromatic rings. The highest BCUT2D eigenvalue weighted by Gasteiger charge is 2.02. The highest BCUT2D eigenvalue weighted by atomic mass is 127. The number of para-hydroxylation sites is 1. The average Bonchev–Trinajstić information content (AvgIpc) is 2.30. The van der Waals surface area contributed by atoms with Crippen LogP contribution in [0.25, 0.3) is 0 Å². The van der Waals surface area contributed by atoms with Crippen molar-refractivity contribution in [2.24, 2.45) is 0 Å². The van der Waals surface area contributed by atoms with Crippen molar-refractivity contribution in [1.29, 1.82) is 0 Å². The molecule has 0 radical (unpaired) electrons. The smallest absolute Gasteiger partial charge is 0.124 e. The standard InChI is InChI=1S/C13H12FIN2/c14-10-5-6-13(11(15)7-10)17-8-9-3-1-2-4-12(9)16/h1-7,17H,8,16H2. The fourth-order valence-corrected chi connectivity index (χ4v) is 2.19. The molecule has 17 heavy (non-hydrogen) atoms. The van der Waals surface area contributed by atoms with E-state index in [4.69, 9.17) is 5.73 Å². The Labute approximate surface area is 113 Å². The molecular weight excluding hydrogens is 330 g/mol. The third-order valence-corrected chi connectivity index (χ3v) is 3.35. The van der Waals surface area contributed by atoms with Gasteiger partial charge in [0.15, 0.2) is 0 Å². The molecule has 0 amide bonds. The number of hydrogen-bond acceptors (Lipinski definition) is 2. The van der Waals surface area contributed by atoms with E-state index in [9.17, 15) is 4.39 Å². The van der Waals surface area contributed by atoms with Crippen LogP contribution in [0.1, 0.15) is 5.56 Å². The maximum absolute atomic E-state index is 12.9. The third kappa shape index (κ3) is 3.09. The minimum Gasteiger partial charge on any atom is -0.398 e. The van der Waals surface area contributed by atoms with E-state index in [1.165, 1.54) is 12.1 Å². The van der Waals surface area contributed by atoms with E-state index in [1.807, 2.05) is 24.3 Å². The minimum atomic E-state index is -0.223. The monoisotopic (exact) mass is 342 g/mol. The second-order valence-corrected chi connectivity index (χ2v) is 4.84. The lowest BCUT2D eigenvalue weighted by atomic mass is 10.2. The molecule has 4 heteroatoms. The van der Waals surface area contributed by atoms with Crippen LogP contribution in [0, 0.1) is 9.39 Å². The molecule has 0 aliphatic carbocycles. The third-order valence-electron chi connectivity index (χ3n) is 2.46. The summed E-state index contributed by atoms with van der Waals surface area (Å²) in [6, 6.07) is 12.4. The van der Waals surface area contributed by atoms with Crippen molar-refractivity contribution in [3.8, 4) is 0 Å². The first-order valence-corrected chi connectivity index (χ1v) is 6.27. The van der Waals surface area contributed by atoms with Gasteiger partial charge in [-0.15, -0.1) is 0 Å². The summed E-state index contributed by atoms with van der Waals surface area (Å²) in [6.07, 6.45) is 0. The summed E-state index contributed by atoms with van der Waals surface area (Å²) >= 11 is 2.10. The number of nitrogens with one attached hydrogen (secondary N) is 1. The van der Waals surface area contributed by atoms with Crippen LogP contribution < -0.4 is 11.1 Å². The minimum absolute atomic E-state index is 0.223. The van der Waals surface area contributed by atoms with Crippen molar-refractivity contribution in [3.63, 3.8) is 0 Å². The predicted molar refractivity (Wildman–Crippen MR) is 77.3 cm³/mol. The van der Waals surface area contributed by atoms with Gasteiger partial charge in [-0.05, 0) is 52.4 Å². The molecule has 0 unspecified atom stereocenters. The molecule has 0 fully saturated rings. The van der Waals surface area contributed by atoms with Gasteiger partial charge in [-0.3, -0.25) is 0 Å². The van der Waals surface area contributed by atoms with E-state index >= 15 is 0 Å². The van der Waals surface area contributed by atoms with Crippen LogP contribution in [0.15, 0.2) is 42.5 Å². The molecule has 0 bridgehead atoms. The molecule has 0 spiro atoms. The Hall–Kier alpha value is -1.30. The molecular formula is C13H12FIN2. The summed E-state index contributed by atoms with van der Waals surface area (Å²) in [6.45, 7) is 0.633. The molecule has 2 aromatic carbocycles. The van der Waals surface area contributed by atoms with E-state index < -0.39 is 0 Å². The number of nitrogens with two attached hydrogens (primary N) is 1. The molecule has 0 aromatic heterocycles. The van der Waals surface area contributed by atoms with Crippen molar-refractivity contribution in [3.05, 3.63) is 57.4 Å². The number of anilines is 2. The zero-order valence-electron chi connectivity index (χ0n) is 9.08. The van der Waals surface area contributed by atoms with Gasteiger partial charge in [0.05, 0.1) is 0 Å². The zero-order chi connectivity index (χ0) is 12.3. The molecule has 0 atom stereocenters. The number of nitrogen functional groups attached to an aromatic ring is 1. The van der Waals surface area contributed by atoms with Gasteiger partial charge in [0.2, 0.25) is 0 Å². The molecule has 0 aliphatic rings. The molecule has 0 heterocycles. The quantitative estimate of drug-likeness (QED) is 0.660. The van der Waals surface area contributed by atoms with Crippen LogP contribution in [0.5, 0.6) is 0 Å². The van der Waals surface area contributed by atoms with Crippen molar-refractivity contribution in [2.75, 3.05) is 11.1 Å². The average molecular weight is 342 g/mol. The van der Waals surface area contributed by atoms with Crippen molar-refractivity contribution in [1.82, 2.24) is 0 Å². The lowest BCUT2D eigenvalue weighted by Gasteiger charge is -2.10. The summed E-state index contributed by atoms with van der Waals surface area (Å²) in [4.78, 5) is 0. The van der Waals surface area contributed by atoms with E-state index in [2.05, 4.69) is 27.9 Å². The first kappa shape index (κ1) is 12.2. The van der Waals surface area contributed by atoms with Crippen molar-refractivity contribution >= 4 is 34.0 Å². The van der Waals surface area contributed by atoms with Crippen LogP contribution >= 0.6 is 22.6 Å². The van der Waals surface area contributed by atoms with Gasteiger partial charge in [-0.2, -0.15) is 0 Å². The Morgan fingerprint density at radius 1 is 1.18 bits per heavy atom. The fraction of sp³-hybridized carbons (Fsp3) is 0.0769.